The van der Waals surface area contributed by atoms with Crippen molar-refractivity contribution in [1.82, 2.24) is 14.5 Å². The van der Waals surface area contributed by atoms with E-state index in [0.717, 1.165) is 22.4 Å². The van der Waals surface area contributed by atoms with E-state index in [0.29, 0.717) is 13.1 Å². The molecule has 0 aliphatic heterocycles. The molecule has 1 atom stereocenters. The average Bonchev–Trinajstić information content (AvgIpc) is 2.71. The van der Waals surface area contributed by atoms with E-state index in [1.165, 1.54) is 0 Å². The molecule has 21 heavy (non-hydrogen) atoms. The van der Waals surface area contributed by atoms with Gasteiger partial charge in [0.15, 0.2) is 0 Å². The average molecular weight is 310 g/mol. The van der Waals surface area contributed by atoms with Crippen molar-refractivity contribution >= 4 is 28.6 Å². The van der Waals surface area contributed by atoms with E-state index in [9.17, 15) is 4.79 Å². The van der Waals surface area contributed by atoms with Gasteiger partial charge in [-0.2, -0.15) is 0 Å². The number of aryl methyl sites for hydroxylation is 2. The maximum Gasteiger partial charge on any atom is 0.304 e. The molecule has 1 heterocycles. The lowest BCUT2D eigenvalue weighted by molar-refractivity contribution is -0.137. The molecule has 2 aromatic rings. The van der Waals surface area contributed by atoms with Crippen molar-refractivity contribution in [2.45, 2.75) is 18.7 Å². The summed E-state index contributed by atoms with van der Waals surface area (Å²) in [4.78, 5) is 17.0. The smallest absolute Gasteiger partial charge is 0.304 e. The van der Waals surface area contributed by atoms with Crippen LogP contribution in [0.3, 0.4) is 0 Å². The number of halogens is 1. The molecule has 0 saturated heterocycles. The Morgan fingerprint density at radius 1 is 1.52 bits per heavy atom. The third-order valence-electron chi connectivity index (χ3n) is 3.67. The Hall–Kier alpha value is -1.59. The summed E-state index contributed by atoms with van der Waals surface area (Å²) >= 11 is 6.44. The monoisotopic (exact) mass is 309 g/mol. The number of carboxylic acid groups (broad SMARTS) is 1. The number of benzene rings is 1. The topological polar surface area (TPSA) is 58.4 Å². The number of likely N-dealkylation sites (N-methyl/N-ethyl adjacent to an activating group) is 1. The molecule has 114 valence electrons. The van der Waals surface area contributed by atoms with Crippen molar-refractivity contribution in [3.8, 4) is 0 Å². The first-order valence-electron chi connectivity index (χ1n) is 6.86. The van der Waals surface area contributed by atoms with Crippen LogP contribution in [-0.4, -0.2) is 45.7 Å². The number of alkyl halides is 1. The third-order valence-corrected chi connectivity index (χ3v) is 4.06. The van der Waals surface area contributed by atoms with Crippen molar-refractivity contribution in [2.24, 2.45) is 7.05 Å². The molecule has 0 fully saturated rings. The summed E-state index contributed by atoms with van der Waals surface area (Å²) in [5.41, 5.74) is 3.02. The van der Waals surface area contributed by atoms with Crippen LogP contribution in [0.4, 0.5) is 0 Å². The van der Waals surface area contributed by atoms with Crippen molar-refractivity contribution in [1.29, 1.82) is 0 Å². The molecule has 5 nitrogen and oxygen atoms in total. The molecule has 0 radical (unpaired) electrons. The molecule has 6 heteroatoms. The van der Waals surface area contributed by atoms with Crippen molar-refractivity contribution in [3.05, 3.63) is 29.6 Å². The van der Waals surface area contributed by atoms with Gasteiger partial charge in [0, 0.05) is 20.1 Å². The molecule has 0 saturated carbocycles. The van der Waals surface area contributed by atoms with Crippen molar-refractivity contribution in [3.63, 3.8) is 0 Å². The maximum atomic E-state index is 10.6. The summed E-state index contributed by atoms with van der Waals surface area (Å²) in [6.07, 6.45) is 0.124. The third kappa shape index (κ3) is 3.74. The van der Waals surface area contributed by atoms with Gasteiger partial charge in [-0.25, -0.2) is 4.98 Å². The van der Waals surface area contributed by atoms with Crippen LogP contribution < -0.4 is 0 Å². The predicted molar refractivity (Wildman–Crippen MR) is 83.8 cm³/mol. The fraction of sp³-hybridized carbons (Fsp3) is 0.467. The normalized spacial score (nSPS) is 13.0. The van der Waals surface area contributed by atoms with Gasteiger partial charge < -0.3 is 14.6 Å². The van der Waals surface area contributed by atoms with Crippen molar-refractivity contribution in [2.75, 3.05) is 20.1 Å². The quantitative estimate of drug-likeness (QED) is 0.833. The second-order valence-electron chi connectivity index (χ2n) is 5.34. The number of nitrogens with zero attached hydrogens (tertiary/aromatic N) is 3. The molecule has 1 N–H and O–H groups in total. The highest BCUT2D eigenvalue weighted by Gasteiger charge is 2.14. The zero-order valence-corrected chi connectivity index (χ0v) is 13.3. The summed E-state index contributed by atoms with van der Waals surface area (Å²) in [5.74, 6) is 0.171. The number of fused-ring (bicyclic) bond motifs is 1. The molecule has 0 aliphatic carbocycles. The minimum absolute atomic E-state index is 0.124. The lowest BCUT2D eigenvalue weighted by Gasteiger charge is -2.19. The van der Waals surface area contributed by atoms with E-state index in [-0.39, 0.29) is 11.8 Å². The van der Waals surface area contributed by atoms with Gasteiger partial charge in [-0.1, -0.05) is 6.07 Å². The second-order valence-corrected chi connectivity index (χ2v) is 5.87. The van der Waals surface area contributed by atoms with E-state index >= 15 is 0 Å². The molecule has 0 bridgehead atoms. The highest BCUT2D eigenvalue weighted by Crippen LogP contribution is 2.25. The Bertz CT molecular complexity index is 654. The SMILES string of the molecule is Cc1nc2cc(C(Cl)CN(C)CCC(=O)O)ccc2n1C. The lowest BCUT2D eigenvalue weighted by atomic mass is 10.1. The molecule has 0 amide bonds. The van der Waals surface area contributed by atoms with Gasteiger partial charge in [0.2, 0.25) is 0 Å². The number of hydrogen-bond acceptors (Lipinski definition) is 3. The predicted octanol–water partition coefficient (Wildman–Crippen LogP) is 2.57. The highest BCUT2D eigenvalue weighted by atomic mass is 35.5. The number of carboxylic acids is 1. The first kappa shape index (κ1) is 15.8. The maximum absolute atomic E-state index is 10.6. The van der Waals surface area contributed by atoms with Crippen LogP contribution in [0.5, 0.6) is 0 Å². The number of rotatable bonds is 6. The summed E-state index contributed by atoms with van der Waals surface area (Å²) in [6, 6.07) is 6.04. The number of carbonyl (C=O) groups is 1. The second kappa shape index (κ2) is 6.45. The molecule has 1 aromatic heterocycles. The van der Waals surface area contributed by atoms with Crippen LogP contribution in [0.2, 0.25) is 0 Å². The zero-order chi connectivity index (χ0) is 15.6. The largest absolute Gasteiger partial charge is 0.481 e. The Kier molecular flexibility index (Phi) is 4.85. The van der Waals surface area contributed by atoms with Crippen molar-refractivity contribution < 1.29 is 9.90 Å². The van der Waals surface area contributed by atoms with Crippen LogP contribution in [0.25, 0.3) is 11.0 Å². The van der Waals surface area contributed by atoms with Gasteiger partial charge in [0.05, 0.1) is 22.8 Å². The first-order chi connectivity index (χ1) is 9.88. The van der Waals surface area contributed by atoms with Gasteiger partial charge >= 0.3 is 5.97 Å². The van der Waals surface area contributed by atoms with E-state index < -0.39 is 5.97 Å². The highest BCUT2D eigenvalue weighted by molar-refractivity contribution is 6.21. The molecule has 0 spiro atoms. The molecule has 2 rings (SSSR count). The van der Waals surface area contributed by atoms with Gasteiger partial charge in [0.1, 0.15) is 5.82 Å². The fourth-order valence-electron chi connectivity index (χ4n) is 2.29. The standard InChI is InChI=1S/C15H20ClN3O2/c1-10-17-13-8-11(4-5-14(13)19(10)3)12(16)9-18(2)7-6-15(20)21/h4-5,8,12H,6-7,9H2,1-3H3,(H,20,21). The number of aromatic nitrogens is 2. The Balaban J connectivity index is 2.08. The van der Waals surface area contributed by atoms with Crippen LogP contribution >= 0.6 is 11.6 Å². The van der Waals surface area contributed by atoms with Gasteiger partial charge in [-0.15, -0.1) is 11.6 Å². The minimum Gasteiger partial charge on any atom is -0.481 e. The van der Waals surface area contributed by atoms with Gasteiger partial charge in [0.25, 0.3) is 0 Å². The lowest BCUT2D eigenvalue weighted by Crippen LogP contribution is -2.25. The number of hydrogen-bond donors (Lipinski definition) is 1. The first-order valence-corrected chi connectivity index (χ1v) is 7.29. The molecular formula is C15H20ClN3O2. The summed E-state index contributed by atoms with van der Waals surface area (Å²) < 4.78 is 2.04. The van der Waals surface area contributed by atoms with Crippen LogP contribution in [0, 0.1) is 6.92 Å². The summed E-state index contributed by atoms with van der Waals surface area (Å²) in [5, 5.41) is 8.51. The minimum atomic E-state index is -0.793. The number of imidazole rings is 1. The Morgan fingerprint density at radius 3 is 2.90 bits per heavy atom. The molecule has 1 unspecified atom stereocenters. The van der Waals surface area contributed by atoms with E-state index in [4.69, 9.17) is 16.7 Å². The molecule has 1 aromatic carbocycles. The van der Waals surface area contributed by atoms with E-state index in [2.05, 4.69) is 4.98 Å². The van der Waals surface area contributed by atoms with Crippen LogP contribution in [-0.2, 0) is 11.8 Å². The van der Waals surface area contributed by atoms with E-state index in [1.807, 2.05) is 48.7 Å². The fourth-order valence-corrected chi connectivity index (χ4v) is 2.66. The van der Waals surface area contributed by atoms with Gasteiger partial charge in [-0.3, -0.25) is 4.79 Å². The zero-order valence-electron chi connectivity index (χ0n) is 12.5. The Morgan fingerprint density at radius 2 is 2.24 bits per heavy atom. The van der Waals surface area contributed by atoms with Gasteiger partial charge in [-0.05, 0) is 31.7 Å². The molecule has 0 aliphatic rings. The molecular weight excluding hydrogens is 290 g/mol. The summed E-state index contributed by atoms with van der Waals surface area (Å²) in [7, 11) is 3.87. The van der Waals surface area contributed by atoms with Crippen LogP contribution in [0.15, 0.2) is 18.2 Å². The Labute approximate surface area is 129 Å². The number of aliphatic carboxylic acids is 1. The summed E-state index contributed by atoms with van der Waals surface area (Å²) in [6.45, 7) is 3.06. The van der Waals surface area contributed by atoms with Crippen LogP contribution in [0.1, 0.15) is 23.2 Å². The van der Waals surface area contributed by atoms with E-state index in [1.54, 1.807) is 0 Å².